The lowest BCUT2D eigenvalue weighted by atomic mass is 9.54. The van der Waals surface area contributed by atoms with Crippen molar-refractivity contribution in [1.82, 2.24) is 0 Å². The van der Waals surface area contributed by atoms with Crippen LogP contribution in [-0.4, -0.2) is 59.3 Å². The first kappa shape index (κ1) is 28.6. The molecule has 0 amide bonds. The Kier molecular flexibility index (Phi) is 6.58. The molecule has 1 aliphatic heterocycles. The molecule has 6 atom stereocenters. The molecule has 0 radical (unpaired) electrons. The van der Waals surface area contributed by atoms with Crippen molar-refractivity contribution in [3.05, 3.63) is 16.7 Å². The topological polar surface area (TPSA) is 140 Å². The van der Waals surface area contributed by atoms with Crippen LogP contribution in [0.5, 0.6) is 11.5 Å². The minimum atomic E-state index is -2.07. The van der Waals surface area contributed by atoms with Crippen LogP contribution in [0, 0.1) is 23.8 Å². The summed E-state index contributed by atoms with van der Waals surface area (Å²) >= 11 is 20.6. The molecule has 11 heteroatoms. The number of carbonyl (C=O) groups is 2. The van der Waals surface area contributed by atoms with E-state index in [4.69, 9.17) is 45.1 Å². The number of carbonyl (C=O) groups excluding carboxylic acids is 2. The molecule has 0 bridgehead atoms. The fraction of sp³-hybridized carbons (Fsp3) is 0.692. The molecule has 6 unspecified atom stereocenters. The van der Waals surface area contributed by atoms with E-state index in [0.29, 0.717) is 12.8 Å². The summed E-state index contributed by atoms with van der Waals surface area (Å²) in [6, 6.07) is 0. The van der Waals surface area contributed by atoms with Crippen molar-refractivity contribution in [2.75, 3.05) is 0 Å². The number of aliphatic hydroxyl groups is 1. The zero-order valence-corrected chi connectivity index (χ0v) is 24.0. The van der Waals surface area contributed by atoms with E-state index < -0.39 is 78.3 Å². The van der Waals surface area contributed by atoms with Crippen molar-refractivity contribution < 1.29 is 29.6 Å². The van der Waals surface area contributed by atoms with Gasteiger partial charge < -0.3 is 20.1 Å². The third kappa shape index (κ3) is 3.69. The minimum Gasteiger partial charge on any atom is -0.507 e. The second-order valence-corrected chi connectivity index (χ2v) is 13.8. The zero-order valence-electron chi connectivity index (χ0n) is 21.7. The van der Waals surface area contributed by atoms with Crippen molar-refractivity contribution in [3.63, 3.8) is 0 Å². The highest BCUT2D eigenvalue weighted by atomic mass is 35.5. The highest BCUT2D eigenvalue weighted by Gasteiger charge is 2.72. The predicted molar refractivity (Wildman–Crippen MR) is 140 cm³/mol. The SMILES string of the molecule is Cc1c(O)c(N=N)c2c(c1O)C(=O)C1(Cl)CC(Cl)C(C)(C)OC1(CC1C(C)(O)CCC(Cl)C1(C)C)C2=O. The molecule has 4 N–H and O–H groups in total. The van der Waals surface area contributed by atoms with E-state index in [0.717, 1.165) is 0 Å². The van der Waals surface area contributed by atoms with Gasteiger partial charge in [-0.25, -0.2) is 5.53 Å². The quantitative estimate of drug-likeness (QED) is 0.251. The zero-order chi connectivity index (χ0) is 28.1. The summed E-state index contributed by atoms with van der Waals surface area (Å²) in [4.78, 5) is 26.8. The molecule has 37 heavy (non-hydrogen) atoms. The number of hydrogen-bond donors (Lipinski definition) is 4. The molecule has 1 saturated carbocycles. The van der Waals surface area contributed by atoms with E-state index in [1.807, 2.05) is 13.8 Å². The van der Waals surface area contributed by atoms with E-state index in [9.17, 15) is 24.9 Å². The van der Waals surface area contributed by atoms with Crippen molar-refractivity contribution in [2.24, 2.45) is 16.4 Å². The number of nitrogens with one attached hydrogen (secondary N) is 1. The maximum atomic E-state index is 14.6. The molecule has 1 heterocycles. The van der Waals surface area contributed by atoms with E-state index in [1.165, 1.54) is 6.92 Å². The first-order valence-corrected chi connectivity index (χ1v) is 13.5. The molecule has 4 rings (SSSR count). The van der Waals surface area contributed by atoms with Crippen molar-refractivity contribution in [3.8, 4) is 11.5 Å². The van der Waals surface area contributed by atoms with Crippen molar-refractivity contribution in [2.45, 2.75) is 99.7 Å². The van der Waals surface area contributed by atoms with Gasteiger partial charge >= 0.3 is 0 Å². The lowest BCUT2D eigenvalue weighted by Crippen LogP contribution is -2.74. The van der Waals surface area contributed by atoms with Crippen LogP contribution in [0.1, 0.15) is 86.6 Å². The number of Topliss-reactive ketones (excluding diaryl/α,β-unsaturated/α-hetero) is 2. The van der Waals surface area contributed by atoms with Gasteiger partial charge in [-0.15, -0.1) is 34.8 Å². The number of hydrogen-bond acceptors (Lipinski definition) is 8. The molecule has 0 aromatic heterocycles. The maximum Gasteiger partial charge on any atom is 0.200 e. The fourth-order valence-corrected chi connectivity index (χ4v) is 7.66. The molecular weight excluding hydrogens is 543 g/mol. The number of benzene rings is 1. The standard InChI is InChI=1S/C26H33Cl3N2O6/c1-11-18(32)16-15(17(31-30)19(11)33)21(35)26(9-12-22(2,3)13(27)7-8-24(12,6)36)25(29,20(16)34)10-14(28)23(4,5)37-26/h12-14,30,32-33,36H,7-10H2,1-6H3. The molecule has 1 saturated heterocycles. The first-order chi connectivity index (χ1) is 16.8. The molecule has 8 nitrogen and oxygen atoms in total. The minimum absolute atomic E-state index is 0.112. The third-order valence-corrected chi connectivity index (χ3v) is 11.2. The van der Waals surface area contributed by atoms with Crippen molar-refractivity contribution in [1.29, 1.82) is 5.53 Å². The van der Waals surface area contributed by atoms with Crippen LogP contribution >= 0.6 is 34.8 Å². The van der Waals surface area contributed by atoms with Crippen LogP contribution in [0.4, 0.5) is 5.69 Å². The lowest BCUT2D eigenvalue weighted by Gasteiger charge is -2.60. The Balaban J connectivity index is 2.07. The van der Waals surface area contributed by atoms with E-state index in [-0.39, 0.29) is 23.8 Å². The number of halogens is 3. The molecule has 204 valence electrons. The Hall–Kier alpha value is -1.45. The van der Waals surface area contributed by atoms with Crippen LogP contribution in [0.2, 0.25) is 0 Å². The van der Waals surface area contributed by atoms with Gasteiger partial charge in [0.25, 0.3) is 0 Å². The third-order valence-electron chi connectivity index (χ3n) is 9.09. The van der Waals surface area contributed by atoms with E-state index >= 15 is 0 Å². The molecule has 3 aliphatic rings. The van der Waals surface area contributed by atoms with Gasteiger partial charge in [0.1, 0.15) is 22.1 Å². The number of aromatic hydroxyl groups is 2. The largest absolute Gasteiger partial charge is 0.507 e. The summed E-state index contributed by atoms with van der Waals surface area (Å²) in [7, 11) is 0. The number of rotatable bonds is 3. The number of phenolic OH excluding ortho intramolecular Hbond substituents is 2. The molecule has 0 spiro atoms. The summed E-state index contributed by atoms with van der Waals surface area (Å²) in [6.07, 6.45) is 0.545. The molecular formula is C26H33Cl3N2O6. The average Bonchev–Trinajstić information content (AvgIpc) is 2.79. The maximum absolute atomic E-state index is 14.6. The van der Waals surface area contributed by atoms with Gasteiger partial charge in [0.05, 0.1) is 27.7 Å². The molecule has 2 aliphatic carbocycles. The predicted octanol–water partition coefficient (Wildman–Crippen LogP) is 6.16. The second-order valence-electron chi connectivity index (χ2n) is 12.1. The number of alkyl halides is 3. The molecule has 1 aromatic carbocycles. The van der Waals surface area contributed by atoms with Crippen molar-refractivity contribution >= 4 is 52.1 Å². The van der Waals surface area contributed by atoms with Crippen LogP contribution in [0.15, 0.2) is 5.11 Å². The first-order valence-electron chi connectivity index (χ1n) is 12.3. The normalized spacial score (nSPS) is 38.6. The number of nitrogens with zero attached hydrogens (tertiary/aromatic N) is 1. The number of ether oxygens (including phenoxy) is 1. The Bertz CT molecular complexity index is 1220. The number of phenols is 2. The summed E-state index contributed by atoms with van der Waals surface area (Å²) in [5.74, 6) is -3.49. The van der Waals surface area contributed by atoms with E-state index in [2.05, 4.69) is 5.11 Å². The Morgan fingerprint density at radius 1 is 1.03 bits per heavy atom. The summed E-state index contributed by atoms with van der Waals surface area (Å²) in [5, 5.41) is 35.3. The highest BCUT2D eigenvalue weighted by molar-refractivity contribution is 6.46. The fourth-order valence-electron chi connectivity index (χ4n) is 6.59. The van der Waals surface area contributed by atoms with Crippen LogP contribution in [0.3, 0.4) is 0 Å². The van der Waals surface area contributed by atoms with Gasteiger partial charge in [-0.3, -0.25) is 9.59 Å². The smallest absolute Gasteiger partial charge is 0.200 e. The molecule has 1 aromatic rings. The van der Waals surface area contributed by atoms with Gasteiger partial charge in [-0.05, 0) is 64.7 Å². The monoisotopic (exact) mass is 574 g/mol. The summed E-state index contributed by atoms with van der Waals surface area (Å²) in [5.41, 5.74) is 1.06. The van der Waals surface area contributed by atoms with Gasteiger partial charge in [0.15, 0.2) is 17.2 Å². The van der Waals surface area contributed by atoms with Gasteiger partial charge in [0.2, 0.25) is 0 Å². The summed E-state index contributed by atoms with van der Waals surface area (Å²) < 4.78 is 6.50. The summed E-state index contributed by atoms with van der Waals surface area (Å²) in [6.45, 7) is 10.2. The Labute approximate surface area is 231 Å². The van der Waals surface area contributed by atoms with Gasteiger partial charge in [-0.1, -0.05) is 13.8 Å². The number of fused-ring (bicyclic) bond motifs is 2. The van der Waals surface area contributed by atoms with Gasteiger partial charge in [-0.2, -0.15) is 5.11 Å². The Morgan fingerprint density at radius 2 is 1.62 bits per heavy atom. The lowest BCUT2D eigenvalue weighted by molar-refractivity contribution is -0.189. The Morgan fingerprint density at radius 3 is 2.19 bits per heavy atom. The number of ketones is 2. The highest BCUT2D eigenvalue weighted by Crippen LogP contribution is 2.62. The van der Waals surface area contributed by atoms with Crippen LogP contribution in [-0.2, 0) is 4.74 Å². The second kappa shape index (κ2) is 8.52. The average molecular weight is 576 g/mol. The van der Waals surface area contributed by atoms with Crippen LogP contribution < -0.4 is 0 Å². The molecule has 2 fully saturated rings. The van der Waals surface area contributed by atoms with Gasteiger partial charge in [0, 0.05) is 10.9 Å². The van der Waals surface area contributed by atoms with E-state index in [1.54, 1.807) is 20.8 Å². The van der Waals surface area contributed by atoms with Crippen LogP contribution in [0.25, 0.3) is 0 Å².